The largest absolute Gasteiger partial charge is 0.396 e. The molecule has 0 aliphatic heterocycles. The van der Waals surface area contributed by atoms with E-state index >= 15 is 0 Å². The van der Waals surface area contributed by atoms with E-state index in [9.17, 15) is 0 Å². The fourth-order valence-electron chi connectivity index (χ4n) is 1.61. The Bertz CT molecular complexity index is 510. The zero-order valence-electron chi connectivity index (χ0n) is 11.2. The van der Waals surface area contributed by atoms with Gasteiger partial charge in [-0.2, -0.15) is 16.7 Å². The summed E-state index contributed by atoms with van der Waals surface area (Å²) >= 11 is 1.72. The molecule has 0 aliphatic carbocycles. The molecule has 1 aromatic heterocycles. The van der Waals surface area contributed by atoms with Crippen LogP contribution in [0.15, 0.2) is 28.8 Å². The quantitative estimate of drug-likeness (QED) is 0.880. The van der Waals surface area contributed by atoms with Gasteiger partial charge in [0.05, 0.1) is 5.75 Å². The van der Waals surface area contributed by atoms with Crippen LogP contribution in [0.3, 0.4) is 0 Å². The van der Waals surface area contributed by atoms with Gasteiger partial charge >= 0.3 is 0 Å². The van der Waals surface area contributed by atoms with Crippen LogP contribution in [0.2, 0.25) is 0 Å². The summed E-state index contributed by atoms with van der Waals surface area (Å²) in [6.07, 6.45) is 0.785. The molecule has 1 aromatic carbocycles. The molecule has 19 heavy (non-hydrogen) atoms. The summed E-state index contributed by atoms with van der Waals surface area (Å²) in [6, 6.07) is 8.01. The minimum absolute atomic E-state index is 0.217. The summed E-state index contributed by atoms with van der Waals surface area (Å²) in [5, 5.41) is 13.2. The van der Waals surface area contributed by atoms with Crippen molar-refractivity contribution in [3.8, 4) is 11.5 Å². The van der Waals surface area contributed by atoms with Crippen molar-refractivity contribution >= 4 is 11.8 Å². The van der Waals surface area contributed by atoms with Gasteiger partial charge in [-0.05, 0) is 25.5 Å². The van der Waals surface area contributed by atoms with Crippen molar-refractivity contribution in [2.24, 2.45) is 0 Å². The first-order valence-corrected chi connectivity index (χ1v) is 7.36. The molecule has 1 N–H and O–H groups in total. The fourth-order valence-corrected chi connectivity index (χ4v) is 2.43. The summed E-state index contributed by atoms with van der Waals surface area (Å²) in [5.41, 5.74) is 2.15. The Balaban J connectivity index is 1.97. The third kappa shape index (κ3) is 4.08. The molecule has 0 bridgehead atoms. The Morgan fingerprint density at radius 2 is 2.05 bits per heavy atom. The highest BCUT2D eigenvalue weighted by Gasteiger charge is 2.10. The minimum atomic E-state index is 0.217. The lowest BCUT2D eigenvalue weighted by Crippen LogP contribution is -2.00. The Morgan fingerprint density at radius 3 is 2.74 bits per heavy atom. The van der Waals surface area contributed by atoms with E-state index in [1.807, 2.05) is 31.2 Å². The predicted octanol–water partition coefficient (Wildman–Crippen LogP) is 3.05. The van der Waals surface area contributed by atoms with E-state index in [4.69, 9.17) is 9.63 Å². The average Bonchev–Trinajstić information content (AvgIpc) is 2.86. The molecule has 0 radical (unpaired) electrons. The second kappa shape index (κ2) is 6.73. The molecule has 1 atom stereocenters. The molecule has 0 saturated carbocycles. The van der Waals surface area contributed by atoms with E-state index in [0.717, 1.165) is 12.0 Å². The Morgan fingerprint density at radius 1 is 1.32 bits per heavy atom. The van der Waals surface area contributed by atoms with Gasteiger partial charge < -0.3 is 9.63 Å². The highest BCUT2D eigenvalue weighted by atomic mass is 32.2. The summed E-state index contributed by atoms with van der Waals surface area (Å²) in [7, 11) is 0. The molecule has 0 spiro atoms. The van der Waals surface area contributed by atoms with Gasteiger partial charge in [0.1, 0.15) is 0 Å². The van der Waals surface area contributed by atoms with Gasteiger partial charge in [0.25, 0.3) is 5.89 Å². The maximum atomic E-state index is 8.85. The zero-order chi connectivity index (χ0) is 13.7. The van der Waals surface area contributed by atoms with Gasteiger partial charge in [0.15, 0.2) is 5.82 Å². The highest BCUT2D eigenvalue weighted by Crippen LogP contribution is 2.21. The molecule has 0 aliphatic rings. The van der Waals surface area contributed by atoms with E-state index in [0.29, 0.717) is 22.7 Å². The average molecular weight is 278 g/mol. The number of rotatable bonds is 6. The van der Waals surface area contributed by atoms with Crippen molar-refractivity contribution in [3.05, 3.63) is 35.7 Å². The number of hydrogen-bond donors (Lipinski definition) is 1. The SMILES string of the molecule is Cc1ccc(-c2nc(CSC(C)CCO)no2)cc1. The lowest BCUT2D eigenvalue weighted by Gasteiger charge is -2.06. The number of nitrogens with zero attached hydrogens (tertiary/aromatic N) is 2. The van der Waals surface area contributed by atoms with Crippen LogP contribution in [-0.4, -0.2) is 27.1 Å². The van der Waals surface area contributed by atoms with Crippen molar-refractivity contribution in [1.82, 2.24) is 10.1 Å². The normalized spacial score (nSPS) is 12.6. The maximum absolute atomic E-state index is 8.85. The van der Waals surface area contributed by atoms with Crippen LogP contribution in [0.1, 0.15) is 24.7 Å². The molecule has 1 heterocycles. The second-order valence-electron chi connectivity index (χ2n) is 4.52. The molecule has 5 heteroatoms. The molecular weight excluding hydrogens is 260 g/mol. The van der Waals surface area contributed by atoms with Crippen LogP contribution in [-0.2, 0) is 5.75 Å². The molecular formula is C14H18N2O2S. The minimum Gasteiger partial charge on any atom is -0.396 e. The van der Waals surface area contributed by atoms with Gasteiger partial charge in [-0.25, -0.2) is 0 Å². The number of aliphatic hydroxyl groups is 1. The number of aryl methyl sites for hydroxylation is 1. The van der Waals surface area contributed by atoms with Crippen molar-refractivity contribution in [3.63, 3.8) is 0 Å². The summed E-state index contributed by atoms with van der Waals surface area (Å²) in [4.78, 5) is 4.38. The molecule has 0 amide bonds. The number of hydrogen-bond acceptors (Lipinski definition) is 5. The molecule has 2 aromatic rings. The number of aromatic nitrogens is 2. The maximum Gasteiger partial charge on any atom is 0.257 e. The molecule has 0 fully saturated rings. The van der Waals surface area contributed by atoms with Gasteiger partial charge in [0.2, 0.25) is 0 Å². The van der Waals surface area contributed by atoms with Crippen molar-refractivity contribution in [1.29, 1.82) is 0 Å². The molecule has 4 nitrogen and oxygen atoms in total. The topological polar surface area (TPSA) is 59.2 Å². The van der Waals surface area contributed by atoms with Crippen LogP contribution >= 0.6 is 11.8 Å². The third-order valence-electron chi connectivity index (χ3n) is 2.80. The van der Waals surface area contributed by atoms with Crippen LogP contribution in [0.4, 0.5) is 0 Å². The lowest BCUT2D eigenvalue weighted by molar-refractivity contribution is 0.289. The van der Waals surface area contributed by atoms with E-state index < -0.39 is 0 Å². The zero-order valence-corrected chi connectivity index (χ0v) is 12.0. The van der Waals surface area contributed by atoms with E-state index in [1.54, 1.807) is 11.8 Å². The monoisotopic (exact) mass is 278 g/mol. The van der Waals surface area contributed by atoms with Crippen LogP contribution in [0.5, 0.6) is 0 Å². The second-order valence-corrected chi connectivity index (χ2v) is 5.94. The third-order valence-corrected chi connectivity index (χ3v) is 4.03. The van der Waals surface area contributed by atoms with Crippen LogP contribution in [0.25, 0.3) is 11.5 Å². The molecule has 0 saturated heterocycles. The van der Waals surface area contributed by atoms with Gasteiger partial charge in [-0.15, -0.1) is 0 Å². The van der Waals surface area contributed by atoms with E-state index in [-0.39, 0.29) is 6.61 Å². The number of aliphatic hydroxyl groups excluding tert-OH is 1. The van der Waals surface area contributed by atoms with Crippen LogP contribution in [0, 0.1) is 6.92 Å². The molecule has 102 valence electrons. The lowest BCUT2D eigenvalue weighted by atomic mass is 10.1. The summed E-state index contributed by atoms with van der Waals surface area (Å²) in [5.74, 6) is 1.96. The van der Waals surface area contributed by atoms with Crippen LogP contribution < -0.4 is 0 Å². The van der Waals surface area contributed by atoms with Crippen molar-refractivity contribution < 1.29 is 9.63 Å². The first-order valence-electron chi connectivity index (χ1n) is 6.31. The highest BCUT2D eigenvalue weighted by molar-refractivity contribution is 7.99. The summed E-state index contributed by atoms with van der Waals surface area (Å²) < 4.78 is 5.26. The summed E-state index contributed by atoms with van der Waals surface area (Å²) in [6.45, 7) is 4.35. The standard InChI is InChI=1S/C14H18N2O2S/c1-10-3-5-12(6-4-10)14-15-13(16-18-14)9-19-11(2)7-8-17/h3-6,11,17H,7-9H2,1-2H3. The first kappa shape index (κ1) is 14.1. The van der Waals surface area contributed by atoms with Gasteiger partial charge in [-0.1, -0.05) is 29.8 Å². The molecule has 1 unspecified atom stereocenters. The Hall–Kier alpha value is -1.33. The van der Waals surface area contributed by atoms with Crippen molar-refractivity contribution in [2.75, 3.05) is 6.61 Å². The number of benzene rings is 1. The van der Waals surface area contributed by atoms with Gasteiger partial charge in [-0.3, -0.25) is 0 Å². The van der Waals surface area contributed by atoms with E-state index in [1.165, 1.54) is 5.56 Å². The van der Waals surface area contributed by atoms with E-state index in [2.05, 4.69) is 17.1 Å². The fraction of sp³-hybridized carbons (Fsp3) is 0.429. The Labute approximate surface area is 117 Å². The molecule has 2 rings (SSSR count). The van der Waals surface area contributed by atoms with Crippen molar-refractivity contribution in [2.45, 2.75) is 31.3 Å². The van der Waals surface area contributed by atoms with Gasteiger partial charge in [0, 0.05) is 17.4 Å². The smallest absolute Gasteiger partial charge is 0.257 e. The number of thioether (sulfide) groups is 1. The predicted molar refractivity (Wildman–Crippen MR) is 76.9 cm³/mol. The Kier molecular flexibility index (Phi) is 4.99. The first-order chi connectivity index (χ1) is 9.19.